The highest BCUT2D eigenvalue weighted by Gasteiger charge is 2.12. The maximum Gasteiger partial charge on any atom is 0.213 e. The van der Waals surface area contributed by atoms with Gasteiger partial charge in [0, 0.05) is 28.7 Å². The van der Waals surface area contributed by atoms with Gasteiger partial charge >= 0.3 is 0 Å². The number of guanidine groups is 1. The third-order valence-corrected chi connectivity index (χ3v) is 5.19. The molecule has 0 bridgehead atoms. The summed E-state index contributed by atoms with van der Waals surface area (Å²) >= 11 is 1.61. The van der Waals surface area contributed by atoms with Crippen LogP contribution in [-0.2, 0) is 6.54 Å². The molecular formula is C20H24N4O2S. The molecule has 3 N–H and O–H groups in total. The fraction of sp³-hybridized carbons (Fsp3) is 0.300. The Balaban J connectivity index is 1.62. The summed E-state index contributed by atoms with van der Waals surface area (Å²) in [5.41, 5.74) is 0.816. The Morgan fingerprint density at radius 2 is 2.07 bits per heavy atom. The Labute approximate surface area is 162 Å². The summed E-state index contributed by atoms with van der Waals surface area (Å²) in [5.74, 6) is 1.21. The number of thiophene rings is 1. The second-order valence-corrected chi connectivity index (χ2v) is 7.07. The quantitative estimate of drug-likeness (QED) is 0.431. The van der Waals surface area contributed by atoms with Crippen molar-refractivity contribution in [3.05, 3.63) is 59.1 Å². The molecule has 0 saturated heterocycles. The standard InChI is InChI=1S/C20H24N4O2S/c1-3-21-20(22-12-15-8-6-10-19(24-15)26-2)23-13-16(25)18-11-14-7-4-5-9-17(14)27-18/h4-11,16,25H,3,12-13H2,1-2H3,(H2,21,22,23). The predicted octanol–water partition coefficient (Wildman–Crippen LogP) is 3.09. The first kappa shape index (κ1) is 19.1. The molecule has 142 valence electrons. The van der Waals surface area contributed by atoms with Crippen LogP contribution in [0, 0.1) is 0 Å². The van der Waals surface area contributed by atoms with E-state index < -0.39 is 6.10 Å². The first-order valence-corrected chi connectivity index (χ1v) is 9.70. The molecule has 0 aliphatic rings. The van der Waals surface area contributed by atoms with Crippen molar-refractivity contribution in [1.29, 1.82) is 0 Å². The molecule has 1 atom stereocenters. The number of benzene rings is 1. The van der Waals surface area contributed by atoms with Crippen molar-refractivity contribution < 1.29 is 9.84 Å². The molecule has 6 nitrogen and oxygen atoms in total. The number of fused-ring (bicyclic) bond motifs is 1. The molecule has 0 aliphatic heterocycles. The van der Waals surface area contributed by atoms with E-state index in [2.05, 4.69) is 32.7 Å². The first-order valence-electron chi connectivity index (χ1n) is 8.88. The fourth-order valence-corrected chi connectivity index (χ4v) is 3.67. The van der Waals surface area contributed by atoms with Gasteiger partial charge < -0.3 is 20.5 Å². The lowest BCUT2D eigenvalue weighted by Crippen LogP contribution is -2.39. The van der Waals surface area contributed by atoms with E-state index in [0.717, 1.165) is 22.5 Å². The van der Waals surface area contributed by atoms with Gasteiger partial charge in [-0.05, 0) is 30.5 Å². The second-order valence-electron chi connectivity index (χ2n) is 5.95. The minimum Gasteiger partial charge on any atom is -0.481 e. The topological polar surface area (TPSA) is 78.8 Å². The fourth-order valence-electron chi connectivity index (χ4n) is 2.62. The number of nitrogens with one attached hydrogen (secondary N) is 2. The van der Waals surface area contributed by atoms with Crippen molar-refractivity contribution in [2.24, 2.45) is 4.99 Å². The zero-order chi connectivity index (χ0) is 19.1. The second kappa shape index (κ2) is 9.34. The van der Waals surface area contributed by atoms with E-state index in [1.807, 2.05) is 37.3 Å². The highest BCUT2D eigenvalue weighted by Crippen LogP contribution is 2.29. The zero-order valence-corrected chi connectivity index (χ0v) is 16.3. The number of ether oxygens (including phenoxy) is 1. The lowest BCUT2D eigenvalue weighted by molar-refractivity contribution is 0.184. The minimum atomic E-state index is -0.596. The number of hydrogen-bond acceptors (Lipinski definition) is 5. The molecule has 7 heteroatoms. The molecule has 0 spiro atoms. The maximum absolute atomic E-state index is 10.5. The van der Waals surface area contributed by atoms with Crippen LogP contribution < -0.4 is 15.4 Å². The van der Waals surface area contributed by atoms with Gasteiger partial charge in [-0.25, -0.2) is 9.98 Å². The van der Waals surface area contributed by atoms with Crippen LogP contribution in [0.2, 0.25) is 0 Å². The highest BCUT2D eigenvalue weighted by atomic mass is 32.1. The number of aliphatic hydroxyl groups is 1. The average molecular weight is 385 g/mol. The van der Waals surface area contributed by atoms with Crippen molar-refractivity contribution in [2.75, 3.05) is 20.2 Å². The monoisotopic (exact) mass is 384 g/mol. The number of methoxy groups -OCH3 is 1. The molecule has 2 heterocycles. The number of aromatic nitrogens is 1. The normalized spacial score (nSPS) is 12.8. The summed E-state index contributed by atoms with van der Waals surface area (Å²) < 4.78 is 6.32. The molecule has 3 rings (SSSR count). The summed E-state index contributed by atoms with van der Waals surface area (Å²) in [6, 6.07) is 15.8. The van der Waals surface area contributed by atoms with Crippen LogP contribution >= 0.6 is 11.3 Å². The molecule has 3 aromatic rings. The molecule has 0 fully saturated rings. The van der Waals surface area contributed by atoms with E-state index in [1.165, 1.54) is 4.70 Å². The van der Waals surface area contributed by atoms with Gasteiger partial charge in [0.15, 0.2) is 5.96 Å². The van der Waals surface area contributed by atoms with E-state index in [1.54, 1.807) is 24.5 Å². The van der Waals surface area contributed by atoms with Crippen LogP contribution in [-0.4, -0.2) is 36.2 Å². The maximum atomic E-state index is 10.5. The Hall–Kier alpha value is -2.64. The average Bonchev–Trinajstić information content (AvgIpc) is 3.14. The number of rotatable bonds is 7. The van der Waals surface area contributed by atoms with Crippen LogP contribution in [0.4, 0.5) is 0 Å². The van der Waals surface area contributed by atoms with E-state index in [4.69, 9.17) is 4.74 Å². The molecule has 0 radical (unpaired) electrons. The first-order chi connectivity index (χ1) is 13.2. The van der Waals surface area contributed by atoms with Crippen LogP contribution in [0.5, 0.6) is 5.88 Å². The van der Waals surface area contributed by atoms with Gasteiger partial charge in [0.1, 0.15) is 6.10 Å². The number of pyridine rings is 1. The van der Waals surface area contributed by atoms with Crippen LogP contribution in [0.15, 0.2) is 53.5 Å². The SMILES string of the molecule is CCNC(=NCc1cccc(OC)n1)NCC(O)c1cc2ccccc2s1. The van der Waals surface area contributed by atoms with Crippen molar-refractivity contribution in [3.63, 3.8) is 0 Å². The summed E-state index contributed by atoms with van der Waals surface area (Å²) in [4.78, 5) is 9.83. The number of nitrogens with zero attached hydrogens (tertiary/aromatic N) is 2. The molecule has 0 saturated carbocycles. The molecule has 0 amide bonds. The molecule has 27 heavy (non-hydrogen) atoms. The Kier molecular flexibility index (Phi) is 6.62. The molecule has 2 aromatic heterocycles. The molecule has 0 aliphatic carbocycles. The van der Waals surface area contributed by atoms with Crippen molar-refractivity contribution >= 4 is 27.4 Å². The van der Waals surface area contributed by atoms with Crippen LogP contribution in [0.1, 0.15) is 23.6 Å². The van der Waals surface area contributed by atoms with Crippen molar-refractivity contribution in [2.45, 2.75) is 19.6 Å². The van der Waals surface area contributed by atoms with E-state index in [9.17, 15) is 5.11 Å². The van der Waals surface area contributed by atoms with Crippen molar-refractivity contribution in [3.8, 4) is 5.88 Å². The third-order valence-electron chi connectivity index (χ3n) is 3.97. The summed E-state index contributed by atoms with van der Waals surface area (Å²) in [6.07, 6.45) is -0.596. The summed E-state index contributed by atoms with van der Waals surface area (Å²) in [7, 11) is 1.59. The van der Waals surface area contributed by atoms with Gasteiger partial charge in [0.25, 0.3) is 0 Å². The van der Waals surface area contributed by atoms with Gasteiger partial charge in [-0.2, -0.15) is 0 Å². The smallest absolute Gasteiger partial charge is 0.213 e. The summed E-state index contributed by atoms with van der Waals surface area (Å²) in [5, 5.41) is 18.1. The number of aliphatic imine (C=N–C) groups is 1. The predicted molar refractivity (Wildman–Crippen MR) is 110 cm³/mol. The van der Waals surface area contributed by atoms with Crippen LogP contribution in [0.25, 0.3) is 10.1 Å². The Bertz CT molecular complexity index is 877. The van der Waals surface area contributed by atoms with E-state index in [-0.39, 0.29) is 0 Å². The van der Waals surface area contributed by atoms with Gasteiger partial charge in [0.05, 0.1) is 19.3 Å². The number of hydrogen-bond donors (Lipinski definition) is 3. The van der Waals surface area contributed by atoms with Gasteiger partial charge in [-0.15, -0.1) is 11.3 Å². The molecule has 1 aromatic carbocycles. The summed E-state index contributed by atoms with van der Waals surface area (Å²) in [6.45, 7) is 3.54. The Morgan fingerprint density at radius 1 is 1.22 bits per heavy atom. The van der Waals surface area contributed by atoms with Gasteiger partial charge in [-0.3, -0.25) is 0 Å². The number of aliphatic hydroxyl groups excluding tert-OH is 1. The largest absolute Gasteiger partial charge is 0.481 e. The lowest BCUT2D eigenvalue weighted by Gasteiger charge is -2.14. The lowest BCUT2D eigenvalue weighted by atomic mass is 10.2. The third kappa shape index (κ3) is 5.18. The highest BCUT2D eigenvalue weighted by molar-refractivity contribution is 7.19. The Morgan fingerprint density at radius 3 is 2.85 bits per heavy atom. The van der Waals surface area contributed by atoms with Crippen LogP contribution in [0.3, 0.4) is 0 Å². The van der Waals surface area contributed by atoms with E-state index >= 15 is 0 Å². The molecular weight excluding hydrogens is 360 g/mol. The molecule has 1 unspecified atom stereocenters. The van der Waals surface area contributed by atoms with Gasteiger partial charge in [0.2, 0.25) is 5.88 Å². The van der Waals surface area contributed by atoms with Gasteiger partial charge in [-0.1, -0.05) is 24.3 Å². The van der Waals surface area contributed by atoms with E-state index in [0.29, 0.717) is 24.9 Å². The van der Waals surface area contributed by atoms with Crippen molar-refractivity contribution in [1.82, 2.24) is 15.6 Å². The zero-order valence-electron chi connectivity index (χ0n) is 15.5. The minimum absolute atomic E-state index is 0.379.